The van der Waals surface area contributed by atoms with Crippen LogP contribution in [-0.2, 0) is 4.74 Å². The SMILES string of the molecule is CCOC(N)C(C)(C)O.OCCO. The zero-order valence-corrected chi connectivity index (χ0v) is 8.53. The second kappa shape index (κ2) is 8.40. The van der Waals surface area contributed by atoms with Gasteiger partial charge in [0.1, 0.15) is 6.23 Å². The molecule has 1 atom stereocenters. The number of ether oxygens (including phenoxy) is 1. The number of aliphatic hydroxyl groups is 3. The Balaban J connectivity index is 0. The van der Waals surface area contributed by atoms with Gasteiger partial charge in [-0.05, 0) is 20.8 Å². The van der Waals surface area contributed by atoms with Crippen molar-refractivity contribution in [1.29, 1.82) is 0 Å². The van der Waals surface area contributed by atoms with E-state index in [1.54, 1.807) is 13.8 Å². The standard InChI is InChI=1S/C6H15NO2.C2H6O2/c1-4-9-5(7)6(2,3)8;3-1-2-4/h5,8H,4,7H2,1-3H3;3-4H,1-2H2. The molecule has 0 fully saturated rings. The number of nitrogens with two attached hydrogens (primary N) is 1. The van der Waals surface area contributed by atoms with Gasteiger partial charge in [-0.25, -0.2) is 0 Å². The first-order valence-electron chi connectivity index (χ1n) is 4.21. The lowest BCUT2D eigenvalue weighted by Gasteiger charge is -2.24. The summed E-state index contributed by atoms with van der Waals surface area (Å²) in [5.74, 6) is 0. The molecule has 0 saturated carbocycles. The lowest BCUT2D eigenvalue weighted by Crippen LogP contribution is -2.44. The summed E-state index contributed by atoms with van der Waals surface area (Å²) in [5, 5.41) is 24.4. The smallest absolute Gasteiger partial charge is 0.134 e. The van der Waals surface area contributed by atoms with Crippen molar-refractivity contribution in [2.75, 3.05) is 19.8 Å². The van der Waals surface area contributed by atoms with E-state index in [2.05, 4.69) is 0 Å². The van der Waals surface area contributed by atoms with E-state index in [9.17, 15) is 0 Å². The van der Waals surface area contributed by atoms with Crippen molar-refractivity contribution >= 4 is 0 Å². The molecule has 0 heterocycles. The maximum atomic E-state index is 9.17. The number of hydrogen-bond acceptors (Lipinski definition) is 5. The molecule has 0 aliphatic heterocycles. The van der Waals surface area contributed by atoms with Crippen molar-refractivity contribution < 1.29 is 20.1 Å². The van der Waals surface area contributed by atoms with Crippen LogP contribution in [0.2, 0.25) is 0 Å². The first-order chi connectivity index (χ1) is 5.90. The second-order valence-electron chi connectivity index (χ2n) is 2.98. The topological polar surface area (TPSA) is 95.9 Å². The molecule has 0 bridgehead atoms. The van der Waals surface area contributed by atoms with Crippen LogP contribution >= 0.6 is 0 Å². The third kappa shape index (κ3) is 11.8. The number of aliphatic hydroxyl groups excluding tert-OH is 2. The highest BCUT2D eigenvalue weighted by molar-refractivity contribution is 4.71. The highest BCUT2D eigenvalue weighted by atomic mass is 16.5. The Bertz CT molecular complexity index is 101. The zero-order valence-electron chi connectivity index (χ0n) is 8.53. The van der Waals surface area contributed by atoms with Crippen LogP contribution in [0.4, 0.5) is 0 Å². The van der Waals surface area contributed by atoms with Gasteiger partial charge in [0, 0.05) is 6.61 Å². The predicted molar refractivity (Wildman–Crippen MR) is 50.1 cm³/mol. The molecule has 0 aromatic rings. The molecule has 0 aliphatic rings. The van der Waals surface area contributed by atoms with E-state index in [-0.39, 0.29) is 13.2 Å². The maximum absolute atomic E-state index is 9.17. The molecule has 0 aromatic heterocycles. The average Bonchev–Trinajstić information content (AvgIpc) is 2.04. The van der Waals surface area contributed by atoms with Crippen LogP contribution in [0.5, 0.6) is 0 Å². The van der Waals surface area contributed by atoms with Crippen molar-refractivity contribution in [3.63, 3.8) is 0 Å². The van der Waals surface area contributed by atoms with Gasteiger partial charge < -0.3 is 25.8 Å². The summed E-state index contributed by atoms with van der Waals surface area (Å²) in [6.45, 7) is 5.36. The van der Waals surface area contributed by atoms with Gasteiger partial charge in [0.05, 0.1) is 18.8 Å². The Morgan fingerprint density at radius 2 is 1.69 bits per heavy atom. The molecule has 0 amide bonds. The molecular weight excluding hydrogens is 174 g/mol. The van der Waals surface area contributed by atoms with Gasteiger partial charge in [-0.3, -0.25) is 0 Å². The van der Waals surface area contributed by atoms with Crippen molar-refractivity contribution in [3.8, 4) is 0 Å². The lowest BCUT2D eigenvalue weighted by atomic mass is 10.1. The Morgan fingerprint density at radius 3 is 1.77 bits per heavy atom. The van der Waals surface area contributed by atoms with Crippen molar-refractivity contribution in [2.45, 2.75) is 32.6 Å². The molecule has 5 nitrogen and oxygen atoms in total. The fraction of sp³-hybridized carbons (Fsp3) is 1.00. The summed E-state index contributed by atoms with van der Waals surface area (Å²) in [6.07, 6.45) is -0.581. The largest absolute Gasteiger partial charge is 0.394 e. The molecule has 0 rings (SSSR count). The minimum absolute atomic E-state index is 0.125. The van der Waals surface area contributed by atoms with Gasteiger partial charge in [-0.15, -0.1) is 0 Å². The summed E-state index contributed by atoms with van der Waals surface area (Å²) in [7, 11) is 0. The number of rotatable bonds is 4. The highest BCUT2D eigenvalue weighted by Gasteiger charge is 2.22. The third-order valence-electron chi connectivity index (χ3n) is 1.14. The number of hydrogen-bond donors (Lipinski definition) is 4. The first kappa shape index (κ1) is 15.3. The van der Waals surface area contributed by atoms with Gasteiger partial charge in [0.15, 0.2) is 0 Å². The van der Waals surface area contributed by atoms with E-state index >= 15 is 0 Å². The van der Waals surface area contributed by atoms with E-state index in [1.165, 1.54) is 0 Å². The molecule has 1 unspecified atom stereocenters. The summed E-state index contributed by atoms with van der Waals surface area (Å²) < 4.78 is 4.93. The Hall–Kier alpha value is -0.200. The average molecular weight is 195 g/mol. The van der Waals surface area contributed by atoms with Crippen molar-refractivity contribution in [3.05, 3.63) is 0 Å². The minimum Gasteiger partial charge on any atom is -0.394 e. The summed E-state index contributed by atoms with van der Waals surface area (Å²) in [6, 6.07) is 0. The zero-order chi connectivity index (χ0) is 10.9. The quantitative estimate of drug-likeness (QED) is 0.434. The summed E-state index contributed by atoms with van der Waals surface area (Å²) >= 11 is 0. The molecule has 0 aliphatic carbocycles. The second-order valence-corrected chi connectivity index (χ2v) is 2.98. The molecule has 5 heteroatoms. The van der Waals surface area contributed by atoms with Crippen molar-refractivity contribution in [2.24, 2.45) is 5.73 Å². The van der Waals surface area contributed by atoms with Crippen LogP contribution in [0.1, 0.15) is 20.8 Å². The van der Waals surface area contributed by atoms with E-state index < -0.39 is 11.8 Å². The van der Waals surface area contributed by atoms with E-state index in [0.29, 0.717) is 6.61 Å². The van der Waals surface area contributed by atoms with Gasteiger partial charge in [-0.2, -0.15) is 0 Å². The lowest BCUT2D eigenvalue weighted by molar-refractivity contribution is -0.0813. The molecular formula is C8H21NO4. The normalized spacial score (nSPS) is 13.2. The van der Waals surface area contributed by atoms with Crippen LogP contribution in [0.25, 0.3) is 0 Å². The third-order valence-corrected chi connectivity index (χ3v) is 1.14. The predicted octanol–water partition coefficient (Wildman–Crippen LogP) is -0.950. The first-order valence-corrected chi connectivity index (χ1v) is 4.21. The summed E-state index contributed by atoms with van der Waals surface area (Å²) in [4.78, 5) is 0. The highest BCUT2D eigenvalue weighted by Crippen LogP contribution is 2.06. The van der Waals surface area contributed by atoms with Gasteiger partial charge >= 0.3 is 0 Å². The monoisotopic (exact) mass is 195 g/mol. The van der Waals surface area contributed by atoms with Gasteiger partial charge in [0.25, 0.3) is 0 Å². The molecule has 0 saturated heterocycles. The summed E-state index contributed by atoms with van der Waals surface area (Å²) in [5.41, 5.74) is 4.45. The van der Waals surface area contributed by atoms with E-state index in [1.807, 2.05) is 6.92 Å². The molecule has 13 heavy (non-hydrogen) atoms. The molecule has 82 valence electrons. The fourth-order valence-corrected chi connectivity index (χ4v) is 0.383. The van der Waals surface area contributed by atoms with Crippen LogP contribution < -0.4 is 5.73 Å². The van der Waals surface area contributed by atoms with Gasteiger partial charge in [0.2, 0.25) is 0 Å². The molecule has 0 radical (unpaired) electrons. The maximum Gasteiger partial charge on any atom is 0.134 e. The minimum atomic E-state index is -0.935. The van der Waals surface area contributed by atoms with Gasteiger partial charge in [-0.1, -0.05) is 0 Å². The Kier molecular flexibility index (Phi) is 9.87. The van der Waals surface area contributed by atoms with Crippen LogP contribution in [-0.4, -0.2) is 47.0 Å². The Labute approximate surface area is 79.1 Å². The van der Waals surface area contributed by atoms with Crippen LogP contribution in [0.3, 0.4) is 0 Å². The molecule has 0 aromatic carbocycles. The molecule has 0 spiro atoms. The Morgan fingerprint density at radius 1 is 1.31 bits per heavy atom. The van der Waals surface area contributed by atoms with E-state index in [4.69, 9.17) is 25.8 Å². The molecule has 5 N–H and O–H groups in total. The van der Waals surface area contributed by atoms with Crippen LogP contribution in [0, 0.1) is 0 Å². The van der Waals surface area contributed by atoms with Crippen molar-refractivity contribution in [1.82, 2.24) is 0 Å². The fourth-order valence-electron chi connectivity index (χ4n) is 0.383. The van der Waals surface area contributed by atoms with Crippen LogP contribution in [0.15, 0.2) is 0 Å². The van der Waals surface area contributed by atoms with E-state index in [0.717, 1.165) is 0 Å².